The summed E-state index contributed by atoms with van der Waals surface area (Å²) in [6, 6.07) is 18.0. The van der Waals surface area contributed by atoms with Crippen LogP contribution in [-0.4, -0.2) is 56.1 Å². The summed E-state index contributed by atoms with van der Waals surface area (Å²) in [4.78, 5) is 26.8. The van der Waals surface area contributed by atoms with Gasteiger partial charge in [0.1, 0.15) is 0 Å². The Bertz CT molecular complexity index is 1070. The van der Waals surface area contributed by atoms with Gasteiger partial charge < -0.3 is 15.4 Å². The van der Waals surface area contributed by atoms with Crippen molar-refractivity contribution in [2.24, 2.45) is 0 Å². The van der Waals surface area contributed by atoms with Crippen LogP contribution in [-0.2, 0) is 9.53 Å². The largest absolute Gasteiger partial charge is 0.379 e. The highest BCUT2D eigenvalue weighted by molar-refractivity contribution is 7.12. The van der Waals surface area contributed by atoms with Gasteiger partial charge in [0.05, 0.1) is 18.1 Å². The molecule has 0 radical (unpaired) electrons. The summed E-state index contributed by atoms with van der Waals surface area (Å²) < 4.78 is 5.35. The average molecular weight is 450 g/mol. The topological polar surface area (TPSA) is 70.7 Å². The van der Waals surface area contributed by atoms with E-state index in [1.165, 1.54) is 18.3 Å². The number of anilines is 1. The van der Waals surface area contributed by atoms with Crippen LogP contribution in [0, 0.1) is 0 Å². The van der Waals surface area contributed by atoms with Gasteiger partial charge in [0.15, 0.2) is 0 Å². The number of thiophene rings is 1. The molecule has 2 amide bonds. The number of nitrogens with zero attached hydrogens (tertiary/aromatic N) is 1. The minimum Gasteiger partial charge on any atom is -0.379 e. The van der Waals surface area contributed by atoms with E-state index >= 15 is 0 Å². The standard InChI is InChI=1S/C25H27N3O3S/c1-18(29)27-23-4-2-3-21(15-23)19-5-7-20(8-6-19)22-16-24(32-17-22)25(30)26-9-10-28-11-13-31-14-12-28/h2-8,15-17H,9-14H2,1H3,(H,26,30)(H,27,29). The summed E-state index contributed by atoms with van der Waals surface area (Å²) in [7, 11) is 0. The normalized spacial score (nSPS) is 14.2. The lowest BCUT2D eigenvalue weighted by molar-refractivity contribution is -0.114. The van der Waals surface area contributed by atoms with Gasteiger partial charge in [0.2, 0.25) is 5.91 Å². The number of rotatable bonds is 7. The maximum Gasteiger partial charge on any atom is 0.261 e. The van der Waals surface area contributed by atoms with Crippen LogP contribution in [0.25, 0.3) is 22.3 Å². The molecule has 32 heavy (non-hydrogen) atoms. The van der Waals surface area contributed by atoms with E-state index in [1.807, 2.05) is 35.7 Å². The Labute approximate surface area is 192 Å². The lowest BCUT2D eigenvalue weighted by Gasteiger charge is -2.26. The van der Waals surface area contributed by atoms with Crippen LogP contribution < -0.4 is 10.6 Å². The number of carbonyl (C=O) groups is 2. The minimum absolute atomic E-state index is 0.0269. The van der Waals surface area contributed by atoms with E-state index in [0.29, 0.717) is 11.4 Å². The number of nitrogens with one attached hydrogen (secondary N) is 2. The SMILES string of the molecule is CC(=O)Nc1cccc(-c2ccc(-c3csc(C(=O)NCCN4CCOCC4)c3)cc2)c1. The first-order valence-corrected chi connectivity index (χ1v) is 11.6. The fraction of sp³-hybridized carbons (Fsp3) is 0.280. The van der Waals surface area contributed by atoms with Crippen molar-refractivity contribution in [1.82, 2.24) is 10.2 Å². The molecule has 1 aliphatic heterocycles. The first-order valence-electron chi connectivity index (χ1n) is 10.7. The van der Waals surface area contributed by atoms with Crippen molar-refractivity contribution >= 4 is 28.8 Å². The number of morpholine rings is 1. The molecule has 0 saturated carbocycles. The molecule has 6 nitrogen and oxygen atoms in total. The molecule has 2 aromatic carbocycles. The van der Waals surface area contributed by atoms with Gasteiger partial charge in [-0.2, -0.15) is 0 Å². The molecule has 0 bridgehead atoms. The molecule has 2 N–H and O–H groups in total. The van der Waals surface area contributed by atoms with Crippen LogP contribution in [0.4, 0.5) is 5.69 Å². The van der Waals surface area contributed by atoms with Crippen molar-refractivity contribution in [3.63, 3.8) is 0 Å². The van der Waals surface area contributed by atoms with Crippen LogP contribution in [0.15, 0.2) is 60.0 Å². The highest BCUT2D eigenvalue weighted by Crippen LogP contribution is 2.29. The first-order chi connectivity index (χ1) is 15.6. The van der Waals surface area contributed by atoms with Gasteiger partial charge in [0.25, 0.3) is 5.91 Å². The third kappa shape index (κ3) is 5.82. The lowest BCUT2D eigenvalue weighted by Crippen LogP contribution is -2.41. The molecule has 1 aromatic heterocycles. The number of ether oxygens (including phenoxy) is 1. The van der Waals surface area contributed by atoms with Crippen LogP contribution >= 0.6 is 11.3 Å². The highest BCUT2D eigenvalue weighted by Gasteiger charge is 2.13. The van der Waals surface area contributed by atoms with E-state index in [0.717, 1.165) is 60.8 Å². The molecule has 1 fully saturated rings. The quantitative estimate of drug-likeness (QED) is 0.570. The Hall–Kier alpha value is -3.00. The molecule has 0 atom stereocenters. The van der Waals surface area contributed by atoms with E-state index < -0.39 is 0 Å². The third-order valence-electron chi connectivity index (χ3n) is 5.38. The zero-order chi connectivity index (χ0) is 22.3. The Balaban J connectivity index is 1.36. The van der Waals surface area contributed by atoms with E-state index in [-0.39, 0.29) is 11.8 Å². The number of hydrogen-bond acceptors (Lipinski definition) is 5. The molecule has 1 aliphatic rings. The van der Waals surface area contributed by atoms with Gasteiger partial charge in [0, 0.05) is 38.8 Å². The average Bonchev–Trinajstić information content (AvgIpc) is 3.30. The van der Waals surface area contributed by atoms with Crippen LogP contribution in [0.3, 0.4) is 0 Å². The molecule has 2 heterocycles. The monoisotopic (exact) mass is 449 g/mol. The van der Waals surface area contributed by atoms with Crippen molar-refractivity contribution < 1.29 is 14.3 Å². The van der Waals surface area contributed by atoms with E-state index in [4.69, 9.17) is 4.74 Å². The fourth-order valence-corrected chi connectivity index (χ4v) is 4.51. The summed E-state index contributed by atoms with van der Waals surface area (Å²) in [6.45, 7) is 6.36. The fourth-order valence-electron chi connectivity index (χ4n) is 3.68. The van der Waals surface area contributed by atoms with Crippen molar-refractivity contribution in [2.75, 3.05) is 44.7 Å². The zero-order valence-corrected chi connectivity index (χ0v) is 18.9. The Morgan fingerprint density at radius 1 is 0.969 bits per heavy atom. The van der Waals surface area contributed by atoms with Gasteiger partial charge in [-0.1, -0.05) is 36.4 Å². The second kappa shape index (κ2) is 10.5. The van der Waals surface area contributed by atoms with Gasteiger partial charge in [-0.3, -0.25) is 14.5 Å². The van der Waals surface area contributed by atoms with Gasteiger partial charge in [-0.15, -0.1) is 11.3 Å². The maximum absolute atomic E-state index is 12.5. The van der Waals surface area contributed by atoms with Crippen molar-refractivity contribution in [3.05, 3.63) is 64.9 Å². The predicted molar refractivity (Wildman–Crippen MR) is 129 cm³/mol. The Kier molecular flexibility index (Phi) is 7.32. The van der Waals surface area contributed by atoms with Crippen molar-refractivity contribution in [1.29, 1.82) is 0 Å². The molecular formula is C25H27N3O3S. The van der Waals surface area contributed by atoms with Gasteiger partial charge >= 0.3 is 0 Å². The van der Waals surface area contributed by atoms with Gasteiger partial charge in [-0.25, -0.2) is 0 Å². The molecular weight excluding hydrogens is 422 g/mol. The summed E-state index contributed by atoms with van der Waals surface area (Å²) in [5.41, 5.74) is 4.98. The second-order valence-corrected chi connectivity index (χ2v) is 8.66. The summed E-state index contributed by atoms with van der Waals surface area (Å²) >= 11 is 1.46. The molecule has 0 aliphatic carbocycles. The summed E-state index contributed by atoms with van der Waals surface area (Å²) in [5.74, 6) is -0.114. The zero-order valence-electron chi connectivity index (χ0n) is 18.1. The summed E-state index contributed by atoms with van der Waals surface area (Å²) in [5, 5.41) is 7.85. The number of amides is 2. The summed E-state index contributed by atoms with van der Waals surface area (Å²) in [6.07, 6.45) is 0. The first kappa shape index (κ1) is 22.2. The Morgan fingerprint density at radius 2 is 1.69 bits per heavy atom. The van der Waals surface area contributed by atoms with E-state index in [2.05, 4.69) is 39.8 Å². The maximum atomic E-state index is 12.5. The second-order valence-electron chi connectivity index (χ2n) is 7.75. The smallest absolute Gasteiger partial charge is 0.261 e. The van der Waals surface area contributed by atoms with Crippen LogP contribution in [0.1, 0.15) is 16.6 Å². The molecule has 0 unspecified atom stereocenters. The molecule has 7 heteroatoms. The van der Waals surface area contributed by atoms with Crippen molar-refractivity contribution in [3.8, 4) is 22.3 Å². The number of carbonyl (C=O) groups excluding carboxylic acids is 2. The minimum atomic E-state index is -0.0871. The number of benzene rings is 2. The molecule has 4 rings (SSSR count). The van der Waals surface area contributed by atoms with Crippen LogP contribution in [0.2, 0.25) is 0 Å². The van der Waals surface area contributed by atoms with Gasteiger partial charge in [-0.05, 0) is 45.8 Å². The number of hydrogen-bond donors (Lipinski definition) is 2. The van der Waals surface area contributed by atoms with Crippen LogP contribution in [0.5, 0.6) is 0 Å². The predicted octanol–water partition coefficient (Wildman–Crippen LogP) is 4.10. The molecule has 166 valence electrons. The Morgan fingerprint density at radius 3 is 2.41 bits per heavy atom. The molecule has 3 aromatic rings. The van der Waals surface area contributed by atoms with Crippen molar-refractivity contribution in [2.45, 2.75) is 6.92 Å². The highest BCUT2D eigenvalue weighted by atomic mass is 32.1. The molecule has 0 spiro atoms. The third-order valence-corrected chi connectivity index (χ3v) is 6.30. The lowest BCUT2D eigenvalue weighted by atomic mass is 10.0. The van der Waals surface area contributed by atoms with E-state index in [9.17, 15) is 9.59 Å². The molecule has 1 saturated heterocycles. The van der Waals surface area contributed by atoms with E-state index in [1.54, 1.807) is 0 Å².